The summed E-state index contributed by atoms with van der Waals surface area (Å²) >= 11 is 7.10. The molecule has 1 aromatic heterocycles. The zero-order valence-corrected chi connectivity index (χ0v) is 19.4. The van der Waals surface area contributed by atoms with Gasteiger partial charge in [0.05, 0.1) is 22.0 Å². The summed E-state index contributed by atoms with van der Waals surface area (Å²) in [4.78, 5) is 12.5. The summed E-state index contributed by atoms with van der Waals surface area (Å²) in [5.41, 5.74) is 1.72. The van der Waals surface area contributed by atoms with Gasteiger partial charge in [0.1, 0.15) is 0 Å². The lowest BCUT2D eigenvalue weighted by molar-refractivity contribution is -0.137. The molecular weight excluding hydrogens is 485 g/mol. The van der Waals surface area contributed by atoms with Crippen molar-refractivity contribution in [1.82, 2.24) is 14.8 Å². The predicted molar refractivity (Wildman–Crippen MR) is 127 cm³/mol. The van der Waals surface area contributed by atoms with Crippen LogP contribution in [0, 0.1) is 6.92 Å². The molecule has 34 heavy (non-hydrogen) atoms. The average Bonchev–Trinajstić information content (AvgIpc) is 3.23. The van der Waals surface area contributed by atoms with E-state index in [-0.39, 0.29) is 16.5 Å². The van der Waals surface area contributed by atoms with Crippen LogP contribution < -0.4 is 5.32 Å². The van der Waals surface area contributed by atoms with Crippen molar-refractivity contribution in [3.05, 3.63) is 88.9 Å². The normalized spacial score (nSPS) is 11.4. The molecule has 4 rings (SSSR count). The summed E-state index contributed by atoms with van der Waals surface area (Å²) in [5, 5.41) is 11.5. The molecule has 0 radical (unpaired) electrons. The van der Waals surface area contributed by atoms with E-state index in [0.717, 1.165) is 46.8 Å². The number of benzene rings is 3. The number of aryl methyl sites for hydroxylation is 1. The molecule has 1 amide bonds. The van der Waals surface area contributed by atoms with E-state index in [1.165, 1.54) is 0 Å². The van der Waals surface area contributed by atoms with Gasteiger partial charge in [-0.15, -0.1) is 10.2 Å². The molecule has 0 aliphatic rings. The summed E-state index contributed by atoms with van der Waals surface area (Å²) in [7, 11) is 0. The zero-order valence-electron chi connectivity index (χ0n) is 17.8. The Kier molecular flexibility index (Phi) is 6.95. The molecule has 0 bridgehead atoms. The van der Waals surface area contributed by atoms with Crippen molar-refractivity contribution in [3.63, 3.8) is 0 Å². The van der Waals surface area contributed by atoms with Crippen molar-refractivity contribution in [2.45, 2.75) is 18.3 Å². The first kappa shape index (κ1) is 23.8. The quantitative estimate of drug-likeness (QED) is 0.300. The fourth-order valence-corrected chi connectivity index (χ4v) is 4.17. The smallest absolute Gasteiger partial charge is 0.324 e. The molecule has 0 unspecified atom stereocenters. The Hall–Kier alpha value is -3.30. The number of aromatic nitrogens is 3. The number of nitrogens with zero attached hydrogens (tertiary/aromatic N) is 3. The Morgan fingerprint density at radius 2 is 1.79 bits per heavy atom. The predicted octanol–water partition coefficient (Wildman–Crippen LogP) is 6.65. The lowest BCUT2D eigenvalue weighted by atomic mass is 10.2. The molecule has 0 saturated carbocycles. The number of hydrogen-bond acceptors (Lipinski definition) is 4. The first-order valence-electron chi connectivity index (χ1n) is 10.1. The molecule has 0 spiro atoms. The number of rotatable bonds is 6. The van der Waals surface area contributed by atoms with Crippen molar-refractivity contribution < 1.29 is 18.0 Å². The van der Waals surface area contributed by atoms with E-state index in [1.54, 1.807) is 0 Å². The van der Waals surface area contributed by atoms with Crippen molar-refractivity contribution >= 4 is 35.0 Å². The van der Waals surface area contributed by atoms with Crippen molar-refractivity contribution in [3.8, 4) is 17.1 Å². The van der Waals surface area contributed by atoms with E-state index in [0.29, 0.717) is 11.0 Å². The van der Waals surface area contributed by atoms with Gasteiger partial charge in [-0.3, -0.25) is 9.36 Å². The number of nitrogens with one attached hydrogen (secondary N) is 1. The second-order valence-corrected chi connectivity index (χ2v) is 8.73. The zero-order chi connectivity index (χ0) is 24.3. The van der Waals surface area contributed by atoms with Crippen LogP contribution in [0.25, 0.3) is 17.1 Å². The van der Waals surface area contributed by atoms with Crippen LogP contribution in [-0.2, 0) is 11.0 Å². The minimum Gasteiger partial charge on any atom is -0.324 e. The molecular formula is C24H18ClF3N4OS. The third-order valence-corrected chi connectivity index (χ3v) is 6.08. The van der Waals surface area contributed by atoms with Gasteiger partial charge < -0.3 is 5.32 Å². The van der Waals surface area contributed by atoms with Gasteiger partial charge in [-0.2, -0.15) is 13.2 Å². The van der Waals surface area contributed by atoms with Gasteiger partial charge in [0.2, 0.25) is 5.91 Å². The second kappa shape index (κ2) is 9.90. The highest BCUT2D eigenvalue weighted by molar-refractivity contribution is 7.99. The van der Waals surface area contributed by atoms with Crippen LogP contribution in [0.4, 0.5) is 18.9 Å². The number of hydrogen-bond donors (Lipinski definition) is 1. The van der Waals surface area contributed by atoms with Crippen LogP contribution in [-0.4, -0.2) is 26.4 Å². The molecule has 3 aromatic carbocycles. The lowest BCUT2D eigenvalue weighted by Gasteiger charge is -2.12. The van der Waals surface area contributed by atoms with E-state index in [9.17, 15) is 18.0 Å². The van der Waals surface area contributed by atoms with Crippen LogP contribution in [0.5, 0.6) is 0 Å². The molecule has 0 atom stereocenters. The molecule has 1 N–H and O–H groups in total. The van der Waals surface area contributed by atoms with Gasteiger partial charge in [0, 0.05) is 11.3 Å². The Balaban J connectivity index is 1.58. The minimum atomic E-state index is -4.54. The monoisotopic (exact) mass is 502 g/mol. The molecule has 0 saturated heterocycles. The highest BCUT2D eigenvalue weighted by Gasteiger charge is 2.31. The Bertz CT molecular complexity index is 1330. The minimum absolute atomic E-state index is 0.0145. The van der Waals surface area contributed by atoms with Crippen LogP contribution in [0.2, 0.25) is 5.02 Å². The van der Waals surface area contributed by atoms with Crippen LogP contribution >= 0.6 is 23.4 Å². The van der Waals surface area contributed by atoms with E-state index >= 15 is 0 Å². The van der Waals surface area contributed by atoms with Crippen LogP contribution in [0.3, 0.4) is 0 Å². The number of amides is 1. The average molecular weight is 503 g/mol. The van der Waals surface area contributed by atoms with Gasteiger partial charge >= 0.3 is 6.18 Å². The lowest BCUT2D eigenvalue weighted by Crippen LogP contribution is -2.16. The maximum absolute atomic E-state index is 13.0. The molecule has 174 valence electrons. The number of carbonyl (C=O) groups is 1. The Labute approximate surface area is 203 Å². The maximum Gasteiger partial charge on any atom is 0.416 e. The molecule has 5 nitrogen and oxygen atoms in total. The van der Waals surface area contributed by atoms with Crippen molar-refractivity contribution in [1.29, 1.82) is 0 Å². The number of halogens is 4. The molecule has 10 heteroatoms. The van der Waals surface area contributed by atoms with Gasteiger partial charge in [-0.05, 0) is 42.8 Å². The largest absolute Gasteiger partial charge is 0.416 e. The van der Waals surface area contributed by atoms with Crippen molar-refractivity contribution in [2.24, 2.45) is 0 Å². The SMILES string of the molecule is Cc1cccc(-n2c(SCC(=O)Nc3cc(C(F)(F)F)ccc3Cl)nnc2-c2ccccc2)c1. The first-order valence-corrected chi connectivity index (χ1v) is 11.5. The number of carbonyl (C=O) groups excluding carboxylic acids is 1. The fraction of sp³-hybridized carbons (Fsp3) is 0.125. The molecule has 0 fully saturated rings. The highest BCUT2D eigenvalue weighted by atomic mass is 35.5. The molecule has 1 heterocycles. The van der Waals surface area contributed by atoms with Crippen LogP contribution in [0.1, 0.15) is 11.1 Å². The number of alkyl halides is 3. The standard InChI is InChI=1S/C24H18ClF3N4OS/c1-15-6-5-9-18(12-15)32-22(16-7-3-2-4-8-16)30-31-23(32)34-14-21(33)29-20-13-17(24(26,27)28)10-11-19(20)25/h2-13H,14H2,1H3,(H,29,33). The summed E-state index contributed by atoms with van der Waals surface area (Å²) < 4.78 is 40.9. The highest BCUT2D eigenvalue weighted by Crippen LogP contribution is 2.34. The van der Waals surface area contributed by atoms with E-state index in [4.69, 9.17) is 11.6 Å². The van der Waals surface area contributed by atoms with E-state index < -0.39 is 17.6 Å². The van der Waals surface area contributed by atoms with Crippen molar-refractivity contribution in [2.75, 3.05) is 11.1 Å². The Morgan fingerprint density at radius 1 is 1.03 bits per heavy atom. The maximum atomic E-state index is 13.0. The second-order valence-electron chi connectivity index (χ2n) is 7.38. The van der Waals surface area contributed by atoms with Crippen LogP contribution in [0.15, 0.2) is 78.0 Å². The number of thioether (sulfide) groups is 1. The van der Waals surface area contributed by atoms with Gasteiger partial charge in [-0.25, -0.2) is 0 Å². The van der Waals surface area contributed by atoms with Gasteiger partial charge in [0.15, 0.2) is 11.0 Å². The number of anilines is 1. The van der Waals surface area contributed by atoms with E-state index in [2.05, 4.69) is 15.5 Å². The van der Waals surface area contributed by atoms with Gasteiger partial charge in [-0.1, -0.05) is 65.8 Å². The fourth-order valence-electron chi connectivity index (χ4n) is 3.25. The molecule has 0 aliphatic carbocycles. The Morgan fingerprint density at radius 3 is 2.50 bits per heavy atom. The topological polar surface area (TPSA) is 59.8 Å². The first-order chi connectivity index (χ1) is 16.2. The van der Waals surface area contributed by atoms with Gasteiger partial charge in [0.25, 0.3) is 0 Å². The van der Waals surface area contributed by atoms with E-state index in [1.807, 2.05) is 66.1 Å². The third kappa shape index (κ3) is 5.43. The molecule has 0 aliphatic heterocycles. The summed E-state index contributed by atoms with van der Waals surface area (Å²) in [6, 6.07) is 20.1. The summed E-state index contributed by atoms with van der Waals surface area (Å²) in [5.74, 6) is -0.0213. The third-order valence-electron chi connectivity index (χ3n) is 4.83. The molecule has 4 aromatic rings. The summed E-state index contributed by atoms with van der Waals surface area (Å²) in [6.07, 6.45) is -4.54. The summed E-state index contributed by atoms with van der Waals surface area (Å²) in [6.45, 7) is 1.97.